The van der Waals surface area contributed by atoms with Crippen LogP contribution in [0.3, 0.4) is 0 Å². The molecule has 0 bridgehead atoms. The third-order valence-corrected chi connectivity index (χ3v) is 6.62. The fraction of sp³-hybridized carbons (Fsp3) is 0.385. The first-order chi connectivity index (χ1) is 16.4. The fourth-order valence-corrected chi connectivity index (χ4v) is 4.86. The van der Waals surface area contributed by atoms with Crippen molar-refractivity contribution in [3.63, 3.8) is 0 Å². The van der Waals surface area contributed by atoms with Crippen LogP contribution in [0, 0.1) is 0 Å². The number of benzene rings is 2. The summed E-state index contributed by atoms with van der Waals surface area (Å²) >= 11 is 0. The van der Waals surface area contributed by atoms with Crippen LogP contribution in [0.15, 0.2) is 58.1 Å². The van der Waals surface area contributed by atoms with Gasteiger partial charge in [0.25, 0.3) is 11.5 Å². The number of amides is 1. The number of nitrogens with one attached hydrogen (secondary N) is 1. The first-order valence-electron chi connectivity index (χ1n) is 12.0. The van der Waals surface area contributed by atoms with Crippen molar-refractivity contribution in [2.75, 3.05) is 0 Å². The number of hydrogen-bond donors (Lipinski definition) is 1. The van der Waals surface area contributed by atoms with E-state index in [0.29, 0.717) is 16.5 Å². The minimum Gasteiger partial charge on any atom is -0.349 e. The molecule has 8 heteroatoms. The van der Waals surface area contributed by atoms with Gasteiger partial charge in [-0.25, -0.2) is 13.9 Å². The third kappa shape index (κ3) is 3.93. The Kier molecular flexibility index (Phi) is 5.81. The average Bonchev–Trinajstić information content (AvgIpc) is 3.15. The lowest BCUT2D eigenvalue weighted by atomic mass is 9.95. The van der Waals surface area contributed by atoms with Crippen LogP contribution in [0.4, 0.5) is 0 Å². The van der Waals surface area contributed by atoms with Gasteiger partial charge < -0.3 is 5.32 Å². The zero-order valence-electron chi connectivity index (χ0n) is 19.5. The Morgan fingerprint density at radius 3 is 2.50 bits per heavy atom. The van der Waals surface area contributed by atoms with Crippen LogP contribution >= 0.6 is 0 Å². The van der Waals surface area contributed by atoms with Gasteiger partial charge in [-0.1, -0.05) is 49.6 Å². The van der Waals surface area contributed by atoms with E-state index < -0.39 is 0 Å². The molecule has 34 heavy (non-hydrogen) atoms. The average molecular weight is 460 g/mol. The standard InChI is InChI=1S/C26H29N5O3/c1-17(2)30-24(33)21-14-13-19(23(32)27-20-11-7-4-8-12-20)15-22(21)31-25(30)28-29(26(31)34)16-18-9-5-3-6-10-18/h3,5-6,9-10,13-15,17,20H,4,7-8,11-12,16H2,1-2H3,(H,27,32). The topological polar surface area (TPSA) is 90.4 Å². The van der Waals surface area contributed by atoms with E-state index in [1.807, 2.05) is 44.2 Å². The van der Waals surface area contributed by atoms with Gasteiger partial charge in [0.05, 0.1) is 17.4 Å². The number of carbonyl (C=O) groups excluding carboxylic acids is 1. The van der Waals surface area contributed by atoms with Crippen molar-refractivity contribution in [2.24, 2.45) is 0 Å². The van der Waals surface area contributed by atoms with E-state index >= 15 is 0 Å². The summed E-state index contributed by atoms with van der Waals surface area (Å²) in [7, 11) is 0. The highest BCUT2D eigenvalue weighted by Crippen LogP contribution is 2.20. The molecule has 2 aromatic carbocycles. The molecule has 1 fully saturated rings. The lowest BCUT2D eigenvalue weighted by molar-refractivity contribution is 0.0928. The lowest BCUT2D eigenvalue weighted by Crippen LogP contribution is -2.36. The van der Waals surface area contributed by atoms with Crippen molar-refractivity contribution in [1.29, 1.82) is 0 Å². The van der Waals surface area contributed by atoms with Crippen LogP contribution in [-0.2, 0) is 6.54 Å². The van der Waals surface area contributed by atoms with Crippen molar-refractivity contribution in [3.8, 4) is 0 Å². The van der Waals surface area contributed by atoms with E-state index in [9.17, 15) is 14.4 Å². The molecule has 0 spiro atoms. The van der Waals surface area contributed by atoms with Gasteiger partial charge in [-0.2, -0.15) is 0 Å². The summed E-state index contributed by atoms with van der Waals surface area (Å²) in [5.74, 6) is 0.0954. The number of fused-ring (bicyclic) bond motifs is 3. The number of aromatic nitrogens is 4. The van der Waals surface area contributed by atoms with Crippen molar-refractivity contribution in [2.45, 2.75) is 64.6 Å². The SMILES string of the molecule is CC(C)n1c(=O)c2ccc(C(=O)NC3CCCCC3)cc2n2c(=O)n(Cc3ccccc3)nc12. The van der Waals surface area contributed by atoms with Gasteiger partial charge in [0.1, 0.15) is 0 Å². The Hall–Kier alpha value is -3.68. The van der Waals surface area contributed by atoms with Crippen LogP contribution < -0.4 is 16.6 Å². The summed E-state index contributed by atoms with van der Waals surface area (Å²) in [5, 5.41) is 8.04. The molecule has 0 atom stereocenters. The van der Waals surface area contributed by atoms with E-state index in [1.165, 1.54) is 20.1 Å². The number of rotatable bonds is 5. The molecule has 0 aliphatic heterocycles. The van der Waals surface area contributed by atoms with Crippen LogP contribution in [-0.4, -0.2) is 30.7 Å². The minimum absolute atomic E-state index is 0.169. The summed E-state index contributed by atoms with van der Waals surface area (Å²) in [6.45, 7) is 4.07. The Morgan fingerprint density at radius 2 is 1.79 bits per heavy atom. The van der Waals surface area contributed by atoms with Gasteiger partial charge in [0.15, 0.2) is 0 Å². The second-order valence-corrected chi connectivity index (χ2v) is 9.37. The zero-order valence-corrected chi connectivity index (χ0v) is 19.5. The molecule has 1 aliphatic carbocycles. The van der Waals surface area contributed by atoms with Gasteiger partial charge in [0.2, 0.25) is 5.78 Å². The molecule has 1 aliphatic rings. The normalized spacial score (nSPS) is 14.8. The molecule has 0 radical (unpaired) electrons. The molecular weight excluding hydrogens is 430 g/mol. The van der Waals surface area contributed by atoms with Gasteiger partial charge in [0, 0.05) is 17.6 Å². The van der Waals surface area contributed by atoms with Gasteiger partial charge in [-0.15, -0.1) is 5.10 Å². The van der Waals surface area contributed by atoms with E-state index in [1.54, 1.807) is 18.2 Å². The van der Waals surface area contributed by atoms with Gasteiger partial charge in [-0.3, -0.25) is 14.2 Å². The molecule has 1 N–H and O–H groups in total. The molecule has 4 aromatic rings. The minimum atomic E-state index is -0.344. The van der Waals surface area contributed by atoms with E-state index in [-0.39, 0.29) is 41.6 Å². The highest BCUT2D eigenvalue weighted by molar-refractivity contribution is 5.98. The first kappa shape index (κ1) is 22.1. The molecule has 1 amide bonds. The maximum atomic E-state index is 13.5. The maximum absolute atomic E-state index is 13.5. The van der Waals surface area contributed by atoms with Crippen LogP contribution in [0.1, 0.15) is 67.9 Å². The highest BCUT2D eigenvalue weighted by Gasteiger charge is 2.21. The Morgan fingerprint density at radius 1 is 1.06 bits per heavy atom. The van der Waals surface area contributed by atoms with Gasteiger partial charge >= 0.3 is 5.69 Å². The van der Waals surface area contributed by atoms with E-state index in [0.717, 1.165) is 31.2 Å². The second-order valence-electron chi connectivity index (χ2n) is 9.37. The van der Waals surface area contributed by atoms with Crippen LogP contribution in [0.5, 0.6) is 0 Å². The molecule has 0 unspecified atom stereocenters. The van der Waals surface area contributed by atoms with E-state index in [2.05, 4.69) is 10.4 Å². The van der Waals surface area contributed by atoms with Gasteiger partial charge in [-0.05, 0) is 50.5 Å². The maximum Gasteiger partial charge on any atom is 0.352 e. The van der Waals surface area contributed by atoms with Crippen LogP contribution in [0.25, 0.3) is 16.7 Å². The quantitative estimate of drug-likeness (QED) is 0.495. The molecule has 5 rings (SSSR count). The molecule has 0 saturated heterocycles. The zero-order chi connectivity index (χ0) is 23.8. The lowest BCUT2D eigenvalue weighted by Gasteiger charge is -2.22. The molecular formula is C26H29N5O3. The Bertz CT molecular complexity index is 1470. The first-order valence-corrected chi connectivity index (χ1v) is 12.0. The fourth-order valence-electron chi connectivity index (χ4n) is 4.86. The Labute approximate surface area is 196 Å². The third-order valence-electron chi connectivity index (χ3n) is 6.62. The number of nitrogens with zero attached hydrogens (tertiary/aromatic N) is 4. The molecule has 2 aromatic heterocycles. The predicted octanol–water partition coefficient (Wildman–Crippen LogP) is 3.50. The summed E-state index contributed by atoms with van der Waals surface area (Å²) in [6, 6.07) is 14.5. The van der Waals surface area contributed by atoms with Crippen molar-refractivity contribution in [1.82, 2.24) is 24.1 Å². The molecule has 176 valence electrons. The smallest absolute Gasteiger partial charge is 0.349 e. The van der Waals surface area contributed by atoms with Crippen molar-refractivity contribution < 1.29 is 4.79 Å². The van der Waals surface area contributed by atoms with Crippen molar-refractivity contribution in [3.05, 3.63) is 80.5 Å². The number of hydrogen-bond acceptors (Lipinski definition) is 4. The molecule has 2 heterocycles. The monoisotopic (exact) mass is 459 g/mol. The summed E-state index contributed by atoms with van der Waals surface area (Å²) in [4.78, 5) is 39.8. The van der Waals surface area contributed by atoms with Crippen LogP contribution in [0.2, 0.25) is 0 Å². The Balaban J connectivity index is 1.66. The molecule has 8 nitrogen and oxygen atoms in total. The largest absolute Gasteiger partial charge is 0.352 e. The summed E-state index contributed by atoms with van der Waals surface area (Å²) < 4.78 is 4.36. The predicted molar refractivity (Wildman–Crippen MR) is 131 cm³/mol. The van der Waals surface area contributed by atoms with Crippen molar-refractivity contribution >= 4 is 22.6 Å². The number of carbonyl (C=O) groups is 1. The highest BCUT2D eigenvalue weighted by atomic mass is 16.2. The molecule has 1 saturated carbocycles. The summed E-state index contributed by atoms with van der Waals surface area (Å²) in [6.07, 6.45) is 5.41. The van der Waals surface area contributed by atoms with E-state index in [4.69, 9.17) is 0 Å². The summed E-state index contributed by atoms with van der Waals surface area (Å²) in [5.41, 5.74) is 1.20. The second kappa shape index (κ2) is 8.93.